The standard InChI is InChI=1S/C16H25N3O3S/c1-4-23(21,22)17-12-16(20)19-9-7-18(8-10-19)15-11-13(2)5-6-14(15)3/h5-6,11,17H,4,7-10,12H2,1-3H3. The summed E-state index contributed by atoms with van der Waals surface area (Å²) in [7, 11) is -3.33. The van der Waals surface area contributed by atoms with Crippen LogP contribution in [0.4, 0.5) is 5.69 Å². The molecule has 7 heteroatoms. The number of benzene rings is 1. The van der Waals surface area contributed by atoms with Crippen LogP contribution in [0.25, 0.3) is 0 Å². The van der Waals surface area contributed by atoms with E-state index < -0.39 is 10.0 Å². The molecule has 2 rings (SSSR count). The minimum atomic E-state index is -3.33. The lowest BCUT2D eigenvalue weighted by atomic mass is 10.1. The Morgan fingerprint density at radius 3 is 2.43 bits per heavy atom. The molecule has 1 aliphatic heterocycles. The molecule has 0 atom stereocenters. The average Bonchev–Trinajstić information content (AvgIpc) is 2.55. The summed E-state index contributed by atoms with van der Waals surface area (Å²) in [4.78, 5) is 16.1. The van der Waals surface area contributed by atoms with Crippen LogP contribution in [-0.2, 0) is 14.8 Å². The second kappa shape index (κ2) is 7.31. The molecule has 6 nitrogen and oxygen atoms in total. The van der Waals surface area contributed by atoms with E-state index in [1.165, 1.54) is 16.8 Å². The van der Waals surface area contributed by atoms with Gasteiger partial charge in [0.25, 0.3) is 0 Å². The lowest BCUT2D eigenvalue weighted by Crippen LogP contribution is -2.51. The first kappa shape index (κ1) is 17.7. The SMILES string of the molecule is CCS(=O)(=O)NCC(=O)N1CCN(c2cc(C)ccc2C)CC1. The highest BCUT2D eigenvalue weighted by Crippen LogP contribution is 2.22. The monoisotopic (exact) mass is 339 g/mol. The van der Waals surface area contributed by atoms with Crippen LogP contribution >= 0.6 is 0 Å². The molecular weight excluding hydrogens is 314 g/mol. The van der Waals surface area contributed by atoms with Crippen molar-refractivity contribution in [3.63, 3.8) is 0 Å². The Bertz CT molecular complexity index is 665. The molecule has 1 aliphatic rings. The van der Waals surface area contributed by atoms with E-state index in [1.807, 2.05) is 0 Å². The van der Waals surface area contributed by atoms with Gasteiger partial charge in [-0.05, 0) is 38.0 Å². The van der Waals surface area contributed by atoms with Gasteiger partial charge >= 0.3 is 0 Å². The molecule has 1 aromatic carbocycles. The van der Waals surface area contributed by atoms with Crippen LogP contribution in [0.5, 0.6) is 0 Å². The van der Waals surface area contributed by atoms with E-state index >= 15 is 0 Å². The maximum Gasteiger partial charge on any atom is 0.237 e. The Morgan fingerprint density at radius 1 is 1.17 bits per heavy atom. The van der Waals surface area contributed by atoms with Crippen molar-refractivity contribution in [1.82, 2.24) is 9.62 Å². The van der Waals surface area contributed by atoms with E-state index in [4.69, 9.17) is 0 Å². The fourth-order valence-electron chi connectivity index (χ4n) is 2.64. The minimum absolute atomic E-state index is 0.0132. The highest BCUT2D eigenvalue weighted by molar-refractivity contribution is 7.89. The summed E-state index contributed by atoms with van der Waals surface area (Å²) in [6.45, 7) is 8.30. The maximum atomic E-state index is 12.1. The van der Waals surface area contributed by atoms with Gasteiger partial charge in [-0.2, -0.15) is 0 Å². The quantitative estimate of drug-likeness (QED) is 0.865. The smallest absolute Gasteiger partial charge is 0.237 e. The van der Waals surface area contributed by atoms with Crippen molar-refractivity contribution in [2.45, 2.75) is 20.8 Å². The normalized spacial score (nSPS) is 15.8. The Labute approximate surface area is 138 Å². The molecule has 0 radical (unpaired) electrons. The average molecular weight is 339 g/mol. The Balaban J connectivity index is 1.91. The zero-order chi connectivity index (χ0) is 17.0. The van der Waals surface area contributed by atoms with Gasteiger partial charge in [-0.1, -0.05) is 12.1 Å². The third kappa shape index (κ3) is 4.68. The van der Waals surface area contributed by atoms with Crippen LogP contribution in [0.15, 0.2) is 18.2 Å². The fourth-order valence-corrected chi connectivity index (χ4v) is 3.19. The Hall–Kier alpha value is -1.60. The van der Waals surface area contributed by atoms with Crippen LogP contribution in [0.2, 0.25) is 0 Å². The predicted octanol–water partition coefficient (Wildman–Crippen LogP) is 0.891. The van der Waals surface area contributed by atoms with Crippen molar-refractivity contribution in [3.8, 4) is 0 Å². The number of hydrogen-bond acceptors (Lipinski definition) is 4. The van der Waals surface area contributed by atoms with E-state index in [0.717, 1.165) is 13.1 Å². The molecular formula is C16H25N3O3S. The molecule has 1 amide bonds. The van der Waals surface area contributed by atoms with Gasteiger partial charge in [0.05, 0.1) is 12.3 Å². The van der Waals surface area contributed by atoms with Gasteiger partial charge in [-0.25, -0.2) is 13.1 Å². The second-order valence-corrected chi connectivity index (χ2v) is 7.98. The molecule has 0 saturated carbocycles. The number of piperazine rings is 1. The number of carbonyl (C=O) groups is 1. The number of sulfonamides is 1. The number of rotatable bonds is 5. The largest absolute Gasteiger partial charge is 0.368 e. The van der Waals surface area contributed by atoms with Gasteiger partial charge in [0.2, 0.25) is 15.9 Å². The highest BCUT2D eigenvalue weighted by atomic mass is 32.2. The van der Waals surface area contributed by atoms with E-state index in [-0.39, 0.29) is 18.2 Å². The lowest BCUT2D eigenvalue weighted by molar-refractivity contribution is -0.130. The van der Waals surface area contributed by atoms with Crippen LogP contribution in [0.1, 0.15) is 18.1 Å². The third-order valence-corrected chi connectivity index (χ3v) is 5.51. The fraction of sp³-hybridized carbons (Fsp3) is 0.562. The molecule has 0 unspecified atom stereocenters. The molecule has 0 bridgehead atoms. The Morgan fingerprint density at radius 2 is 1.83 bits per heavy atom. The van der Waals surface area contributed by atoms with Gasteiger partial charge in [0.15, 0.2) is 0 Å². The number of nitrogens with zero attached hydrogens (tertiary/aromatic N) is 2. The molecule has 23 heavy (non-hydrogen) atoms. The minimum Gasteiger partial charge on any atom is -0.368 e. The summed E-state index contributed by atoms with van der Waals surface area (Å²) in [6, 6.07) is 6.38. The first-order chi connectivity index (χ1) is 10.8. The molecule has 1 fully saturated rings. The van der Waals surface area contributed by atoms with E-state index in [9.17, 15) is 13.2 Å². The van der Waals surface area contributed by atoms with Crippen LogP contribution in [0, 0.1) is 13.8 Å². The lowest BCUT2D eigenvalue weighted by Gasteiger charge is -2.37. The van der Waals surface area contributed by atoms with Crippen molar-refractivity contribution < 1.29 is 13.2 Å². The molecule has 0 spiro atoms. The first-order valence-electron chi connectivity index (χ1n) is 7.89. The van der Waals surface area contributed by atoms with E-state index in [2.05, 4.69) is 41.7 Å². The van der Waals surface area contributed by atoms with Gasteiger partial charge in [0, 0.05) is 31.9 Å². The van der Waals surface area contributed by atoms with Crippen molar-refractivity contribution in [2.24, 2.45) is 0 Å². The molecule has 1 heterocycles. The maximum absolute atomic E-state index is 12.1. The van der Waals surface area contributed by atoms with Crippen LogP contribution in [-0.4, -0.2) is 57.7 Å². The van der Waals surface area contributed by atoms with Crippen molar-refractivity contribution in [1.29, 1.82) is 0 Å². The summed E-state index contributed by atoms with van der Waals surface area (Å²) in [5.74, 6) is -0.177. The summed E-state index contributed by atoms with van der Waals surface area (Å²) in [5.41, 5.74) is 3.66. The topological polar surface area (TPSA) is 69.7 Å². The number of amides is 1. The number of carbonyl (C=O) groups excluding carboxylic acids is 1. The van der Waals surface area contributed by atoms with Gasteiger partial charge in [0.1, 0.15) is 0 Å². The number of hydrogen-bond donors (Lipinski definition) is 1. The van der Waals surface area contributed by atoms with E-state index in [1.54, 1.807) is 11.8 Å². The molecule has 1 N–H and O–H groups in total. The van der Waals surface area contributed by atoms with Crippen molar-refractivity contribution in [3.05, 3.63) is 29.3 Å². The van der Waals surface area contributed by atoms with Crippen LogP contribution in [0.3, 0.4) is 0 Å². The molecule has 0 aromatic heterocycles. The summed E-state index contributed by atoms with van der Waals surface area (Å²) in [5, 5.41) is 0. The van der Waals surface area contributed by atoms with Crippen molar-refractivity contribution in [2.75, 3.05) is 43.4 Å². The number of aryl methyl sites for hydroxylation is 2. The molecule has 1 aromatic rings. The molecule has 128 valence electrons. The van der Waals surface area contributed by atoms with Gasteiger partial charge in [-0.15, -0.1) is 0 Å². The van der Waals surface area contributed by atoms with Gasteiger partial charge in [-0.3, -0.25) is 4.79 Å². The second-order valence-electron chi connectivity index (χ2n) is 5.88. The van der Waals surface area contributed by atoms with E-state index in [0.29, 0.717) is 13.1 Å². The zero-order valence-electron chi connectivity index (χ0n) is 14.0. The van der Waals surface area contributed by atoms with Gasteiger partial charge < -0.3 is 9.80 Å². The van der Waals surface area contributed by atoms with Crippen molar-refractivity contribution >= 4 is 21.6 Å². The number of nitrogens with one attached hydrogen (secondary N) is 1. The predicted molar refractivity (Wildman–Crippen MR) is 92.2 cm³/mol. The molecule has 1 saturated heterocycles. The molecule has 0 aliphatic carbocycles. The summed E-state index contributed by atoms with van der Waals surface area (Å²) in [6.07, 6.45) is 0. The number of anilines is 1. The zero-order valence-corrected chi connectivity index (χ0v) is 14.8. The van der Waals surface area contributed by atoms with Crippen LogP contribution < -0.4 is 9.62 Å². The summed E-state index contributed by atoms with van der Waals surface area (Å²) >= 11 is 0. The first-order valence-corrected chi connectivity index (χ1v) is 9.55. The Kier molecular flexibility index (Phi) is 5.64. The summed E-state index contributed by atoms with van der Waals surface area (Å²) < 4.78 is 25.1. The third-order valence-electron chi connectivity index (χ3n) is 4.16. The highest BCUT2D eigenvalue weighted by Gasteiger charge is 2.22.